The smallest absolute Gasteiger partial charge is 0.312 e. The van der Waals surface area contributed by atoms with Gasteiger partial charge in [0.1, 0.15) is 34.7 Å². The average molecular weight is 818 g/mol. The minimum Gasteiger partial charge on any atom is -0.505 e. The van der Waals surface area contributed by atoms with Crippen molar-refractivity contribution in [3.63, 3.8) is 0 Å². The molecule has 1 amide bonds. The second-order valence-corrected chi connectivity index (χ2v) is 15.7. The Morgan fingerprint density at radius 2 is 1.85 bits per heavy atom. The number of aliphatic hydroxyl groups excluding tert-OH is 1. The van der Waals surface area contributed by atoms with Crippen molar-refractivity contribution in [3.05, 3.63) is 80.2 Å². The molecule has 0 radical (unpaired) electrons. The van der Waals surface area contributed by atoms with E-state index in [0.29, 0.717) is 22.0 Å². The molecule has 0 unspecified atom stereocenters. The van der Waals surface area contributed by atoms with Crippen LogP contribution in [0.3, 0.4) is 0 Å². The number of anilines is 1. The van der Waals surface area contributed by atoms with Gasteiger partial charge in [-0.25, -0.2) is 4.98 Å². The Hall–Kier alpha value is -5.05. The van der Waals surface area contributed by atoms with Crippen LogP contribution in [0.25, 0.3) is 33.0 Å². The number of ketones is 1. The molecule has 0 spiro atoms. The number of aromatic hydroxyl groups is 1. The van der Waals surface area contributed by atoms with E-state index in [1.165, 1.54) is 27.0 Å². The largest absolute Gasteiger partial charge is 0.505 e. The molecule has 0 aliphatic carbocycles. The topological polar surface area (TPSA) is 184 Å². The van der Waals surface area contributed by atoms with E-state index in [1.54, 1.807) is 43.4 Å². The Balaban J connectivity index is 1.43. The highest BCUT2D eigenvalue weighted by molar-refractivity contribution is 9.10. The monoisotopic (exact) mass is 816 g/mol. The summed E-state index contributed by atoms with van der Waals surface area (Å²) >= 11 is 3.43. The molecule has 0 saturated carbocycles. The van der Waals surface area contributed by atoms with E-state index >= 15 is 0 Å². The van der Waals surface area contributed by atoms with Crippen molar-refractivity contribution in [2.45, 2.75) is 85.1 Å². The van der Waals surface area contributed by atoms with E-state index in [9.17, 15) is 29.4 Å². The third-order valence-corrected chi connectivity index (χ3v) is 11.3. The number of hydrogen-bond acceptors (Lipinski definition) is 12. The second kappa shape index (κ2) is 14.2. The number of halogens is 1. The predicted octanol–water partition coefficient (Wildman–Crippen LogP) is 6.91. The molecule has 8 atom stereocenters. The number of nitrogens with zero attached hydrogens (tertiary/aromatic N) is 1. The SMILES string of the molecule is CC(=O)O[C@H]1[C@@H]2O[C@H]([C@@H](C)[C@H]2O)[C@@H](C)/C=C/C=C(/C)C(=O)Nc2c(O)c3c(=O)c(C)c4c(c3c3nc5ccc(Br)cc5oc23)C(=O)[C@@](C)(O/C=C/C[C@H]1C)O4. The van der Waals surface area contributed by atoms with Gasteiger partial charge in [0.05, 0.1) is 29.4 Å². The lowest BCUT2D eigenvalue weighted by Crippen LogP contribution is -2.43. The fraction of sp³-hybridized carbons (Fsp3) is 0.390. The first-order valence-corrected chi connectivity index (χ1v) is 18.8. The van der Waals surface area contributed by atoms with Crippen molar-refractivity contribution in [3.8, 4) is 11.5 Å². The molecule has 1 fully saturated rings. The summed E-state index contributed by atoms with van der Waals surface area (Å²) in [6.07, 6.45) is 5.34. The molecule has 1 saturated heterocycles. The lowest BCUT2D eigenvalue weighted by Gasteiger charge is -2.30. The fourth-order valence-electron chi connectivity index (χ4n) is 7.67. The Morgan fingerprint density at radius 3 is 2.58 bits per heavy atom. The van der Waals surface area contributed by atoms with Crippen LogP contribution in [0.15, 0.2) is 68.0 Å². The number of fused-ring (bicyclic) bond motifs is 9. The summed E-state index contributed by atoms with van der Waals surface area (Å²) in [5.74, 6) is -5.30. The molecule has 4 aliphatic rings. The molecular formula is C41H41BrN2O11. The summed E-state index contributed by atoms with van der Waals surface area (Å²) in [4.78, 5) is 59.3. The van der Waals surface area contributed by atoms with E-state index in [0.717, 1.165) is 0 Å². The summed E-state index contributed by atoms with van der Waals surface area (Å²) in [7, 11) is 0. The number of phenolic OH excluding ortho intramolecular Hbond substituents is 1. The van der Waals surface area contributed by atoms with E-state index in [1.807, 2.05) is 26.8 Å². The zero-order valence-electron chi connectivity index (χ0n) is 31.3. The molecular weight excluding hydrogens is 776 g/mol. The van der Waals surface area contributed by atoms with Crippen molar-refractivity contribution in [1.82, 2.24) is 4.98 Å². The van der Waals surface area contributed by atoms with Crippen LogP contribution in [0.4, 0.5) is 5.69 Å². The number of Topliss-reactive ketones (excluding diaryl/α,β-unsaturated/α-hetero) is 1. The second-order valence-electron chi connectivity index (χ2n) is 14.8. The molecule has 288 valence electrons. The molecule has 14 heteroatoms. The Morgan fingerprint density at radius 1 is 1.11 bits per heavy atom. The van der Waals surface area contributed by atoms with Crippen molar-refractivity contribution in [2.24, 2.45) is 17.8 Å². The summed E-state index contributed by atoms with van der Waals surface area (Å²) in [5.41, 5.74) is 0.00104. The van der Waals surface area contributed by atoms with Crippen LogP contribution in [-0.4, -0.2) is 63.1 Å². The zero-order valence-corrected chi connectivity index (χ0v) is 32.8. The van der Waals surface area contributed by atoms with Gasteiger partial charge in [0.25, 0.3) is 11.7 Å². The van der Waals surface area contributed by atoms with Crippen molar-refractivity contribution in [2.75, 3.05) is 5.32 Å². The van der Waals surface area contributed by atoms with Crippen molar-refractivity contribution in [1.29, 1.82) is 0 Å². The number of esters is 1. The van der Waals surface area contributed by atoms with Gasteiger partial charge in [-0.3, -0.25) is 19.2 Å². The number of benzene rings is 3. The standard InChI is InChI=1S/C41H41BrN2O11/c1-17-10-8-11-19(3)40(50)44-30-33(48)27-26(29-37(30)53-25-16-23(42)13-14-24(25)43-29)28-36(20(4)31(27)46)55-41(7,39(28)49)51-15-9-12-18(2)35(52-22(6)45)38-32(47)21(5)34(17)54-38/h8-11,13-18,21,32,34-35,38,47-48H,12H2,1-7H3,(H,44,50)/b10-8+,15-9+,19-11-/t17-,18+,21-,32+,34-,35+,38+,41-/m0/s1. The number of amides is 1. The molecule has 3 aromatic carbocycles. The van der Waals surface area contributed by atoms with Crippen LogP contribution >= 0.6 is 15.9 Å². The maximum atomic E-state index is 14.4. The maximum Gasteiger partial charge on any atom is 0.312 e. The number of rotatable bonds is 1. The lowest BCUT2D eigenvalue weighted by molar-refractivity contribution is -0.163. The number of ether oxygens (including phenoxy) is 4. The van der Waals surface area contributed by atoms with E-state index in [2.05, 4.69) is 21.2 Å². The summed E-state index contributed by atoms with van der Waals surface area (Å²) < 4.78 is 31.2. The Bertz CT molecular complexity index is 2450. The van der Waals surface area contributed by atoms with Crippen molar-refractivity contribution < 1.29 is 48.0 Å². The third-order valence-electron chi connectivity index (χ3n) is 10.8. The summed E-state index contributed by atoms with van der Waals surface area (Å²) in [6.45, 7) is 11.4. The molecule has 3 N–H and O–H groups in total. The minimum atomic E-state index is -1.94. The van der Waals surface area contributed by atoms with Crippen LogP contribution in [0.5, 0.6) is 11.5 Å². The summed E-state index contributed by atoms with van der Waals surface area (Å²) in [6, 6.07) is 5.10. The molecule has 13 nitrogen and oxygen atoms in total. The van der Waals surface area contributed by atoms with Gasteiger partial charge in [0.2, 0.25) is 0 Å². The number of allylic oxidation sites excluding steroid dienone is 3. The summed E-state index contributed by atoms with van der Waals surface area (Å²) in [5, 5.41) is 25.6. The molecule has 5 heterocycles. The normalized spacial score (nSPS) is 30.6. The maximum absolute atomic E-state index is 14.4. The van der Waals surface area contributed by atoms with Gasteiger partial charge in [0, 0.05) is 46.7 Å². The number of carbonyl (C=O) groups is 3. The van der Waals surface area contributed by atoms with Gasteiger partial charge < -0.3 is 38.9 Å². The van der Waals surface area contributed by atoms with Crippen LogP contribution in [-0.2, 0) is 23.8 Å². The van der Waals surface area contributed by atoms with Gasteiger partial charge in [-0.05, 0) is 50.5 Å². The highest BCUT2D eigenvalue weighted by Gasteiger charge is 2.50. The highest BCUT2D eigenvalue weighted by atomic mass is 79.9. The van der Waals surface area contributed by atoms with E-state index in [-0.39, 0.29) is 67.8 Å². The molecule has 7 bridgehead atoms. The van der Waals surface area contributed by atoms with E-state index in [4.69, 9.17) is 28.3 Å². The quantitative estimate of drug-likeness (QED) is 0.0783. The Labute approximate surface area is 324 Å². The van der Waals surface area contributed by atoms with Crippen LogP contribution in [0, 0.1) is 24.7 Å². The van der Waals surface area contributed by atoms with Gasteiger partial charge in [-0.2, -0.15) is 0 Å². The number of carbonyl (C=O) groups excluding carboxylic acids is 3. The van der Waals surface area contributed by atoms with Gasteiger partial charge in [-0.1, -0.05) is 54.9 Å². The highest BCUT2D eigenvalue weighted by Crippen LogP contribution is 2.48. The van der Waals surface area contributed by atoms with Gasteiger partial charge >= 0.3 is 11.8 Å². The van der Waals surface area contributed by atoms with Crippen LogP contribution < -0.4 is 15.5 Å². The Kier molecular flexibility index (Phi) is 9.89. The fourth-order valence-corrected chi connectivity index (χ4v) is 8.01. The number of aliphatic hydroxyl groups is 1. The molecule has 55 heavy (non-hydrogen) atoms. The minimum absolute atomic E-state index is 0.0192. The molecule has 1 aromatic heterocycles. The molecule has 4 aromatic rings. The van der Waals surface area contributed by atoms with Crippen LogP contribution in [0.2, 0.25) is 0 Å². The predicted molar refractivity (Wildman–Crippen MR) is 207 cm³/mol. The van der Waals surface area contributed by atoms with Gasteiger partial charge in [-0.15, -0.1) is 0 Å². The first-order chi connectivity index (χ1) is 26.0. The zero-order chi connectivity index (χ0) is 39.7. The number of aromatic nitrogens is 1. The number of nitrogens with one attached hydrogen (secondary N) is 1. The first kappa shape index (κ1) is 38.2. The third kappa shape index (κ3) is 6.49. The van der Waals surface area contributed by atoms with Crippen molar-refractivity contribution >= 4 is 72.2 Å². The first-order valence-electron chi connectivity index (χ1n) is 18.0. The average Bonchev–Trinajstić information content (AvgIpc) is 3.58. The molecule has 4 aliphatic heterocycles. The number of phenols is 1. The van der Waals surface area contributed by atoms with E-state index < -0.39 is 59.0 Å². The molecule has 8 rings (SSSR count). The number of hydrogen-bond donors (Lipinski definition) is 3. The van der Waals surface area contributed by atoms with Crippen LogP contribution in [0.1, 0.15) is 63.9 Å². The van der Waals surface area contributed by atoms with Gasteiger partial charge in [0.15, 0.2) is 22.3 Å². The lowest BCUT2D eigenvalue weighted by atomic mass is 9.87.